The number of amides is 1. The Morgan fingerprint density at radius 3 is 2.82 bits per heavy atom. The average Bonchev–Trinajstić information content (AvgIpc) is 2.35. The lowest BCUT2D eigenvalue weighted by Crippen LogP contribution is -2.27. The van der Waals surface area contributed by atoms with E-state index in [1.54, 1.807) is 13.2 Å². The third-order valence-electron chi connectivity index (χ3n) is 2.66. The Kier molecular flexibility index (Phi) is 4.90. The first-order chi connectivity index (χ1) is 8.08. The molecule has 1 rings (SSSR count). The van der Waals surface area contributed by atoms with Crippen molar-refractivity contribution in [3.05, 3.63) is 23.4 Å². The van der Waals surface area contributed by atoms with Crippen LogP contribution in [0.1, 0.15) is 17.5 Å². The highest BCUT2D eigenvalue weighted by atomic mass is 16.1. The highest BCUT2D eigenvalue weighted by molar-refractivity contribution is 5.76. The first-order valence-corrected chi connectivity index (χ1v) is 5.65. The highest BCUT2D eigenvalue weighted by Crippen LogP contribution is 2.16. The number of pyridine rings is 1. The van der Waals surface area contributed by atoms with E-state index >= 15 is 0 Å². The van der Waals surface area contributed by atoms with Gasteiger partial charge in [0, 0.05) is 39.8 Å². The van der Waals surface area contributed by atoms with Gasteiger partial charge in [0.1, 0.15) is 5.82 Å². The van der Waals surface area contributed by atoms with Crippen LogP contribution in [-0.2, 0) is 11.3 Å². The Labute approximate surface area is 102 Å². The average molecular weight is 236 g/mol. The van der Waals surface area contributed by atoms with E-state index in [1.807, 2.05) is 24.9 Å². The quantitative estimate of drug-likeness (QED) is 0.777. The summed E-state index contributed by atoms with van der Waals surface area (Å²) in [5.41, 5.74) is 7.65. The van der Waals surface area contributed by atoms with Gasteiger partial charge < -0.3 is 16.0 Å². The monoisotopic (exact) mass is 236 g/mol. The molecule has 5 heteroatoms. The number of nitrogens with one attached hydrogen (secondary N) is 1. The van der Waals surface area contributed by atoms with Gasteiger partial charge in [-0.3, -0.25) is 4.79 Å². The lowest BCUT2D eigenvalue weighted by atomic mass is 10.2. The van der Waals surface area contributed by atoms with E-state index in [1.165, 1.54) is 0 Å². The molecule has 94 valence electrons. The van der Waals surface area contributed by atoms with Gasteiger partial charge >= 0.3 is 0 Å². The third-order valence-corrected chi connectivity index (χ3v) is 2.66. The minimum atomic E-state index is 0.0353. The molecule has 1 heterocycles. The molecule has 0 bridgehead atoms. The van der Waals surface area contributed by atoms with E-state index in [2.05, 4.69) is 10.3 Å². The van der Waals surface area contributed by atoms with Crippen molar-refractivity contribution in [3.63, 3.8) is 0 Å². The second kappa shape index (κ2) is 6.20. The summed E-state index contributed by atoms with van der Waals surface area (Å²) in [4.78, 5) is 17.5. The van der Waals surface area contributed by atoms with Crippen LogP contribution in [0.25, 0.3) is 0 Å². The van der Waals surface area contributed by atoms with Gasteiger partial charge in [0.05, 0.1) is 0 Å². The smallest absolute Gasteiger partial charge is 0.221 e. The first kappa shape index (κ1) is 13.4. The van der Waals surface area contributed by atoms with Crippen molar-refractivity contribution in [1.29, 1.82) is 0 Å². The maximum atomic E-state index is 11.2. The molecule has 0 saturated heterocycles. The number of carbonyl (C=O) groups excluding carboxylic acids is 1. The van der Waals surface area contributed by atoms with E-state index in [9.17, 15) is 4.79 Å². The standard InChI is InChI=1S/C12H20N4O/c1-9-6-10(7-13)8-15-12(9)16(3)5-4-11(17)14-2/h6,8H,4-5,7,13H2,1-3H3,(H,14,17). The summed E-state index contributed by atoms with van der Waals surface area (Å²) in [7, 11) is 3.57. The molecule has 0 radical (unpaired) electrons. The molecule has 0 unspecified atom stereocenters. The fourth-order valence-corrected chi connectivity index (χ4v) is 1.64. The van der Waals surface area contributed by atoms with E-state index in [4.69, 9.17) is 5.73 Å². The number of hydrogen-bond donors (Lipinski definition) is 2. The van der Waals surface area contributed by atoms with E-state index < -0.39 is 0 Å². The topological polar surface area (TPSA) is 71.2 Å². The van der Waals surface area contributed by atoms with Crippen LogP contribution in [0.2, 0.25) is 0 Å². The molecule has 0 atom stereocenters. The Morgan fingerprint density at radius 2 is 2.29 bits per heavy atom. The maximum absolute atomic E-state index is 11.2. The van der Waals surface area contributed by atoms with Crippen LogP contribution in [0, 0.1) is 6.92 Å². The molecule has 0 aromatic carbocycles. The maximum Gasteiger partial charge on any atom is 0.221 e. The van der Waals surface area contributed by atoms with Gasteiger partial charge in [-0.2, -0.15) is 0 Å². The molecule has 0 aliphatic heterocycles. The zero-order chi connectivity index (χ0) is 12.8. The van der Waals surface area contributed by atoms with Crippen molar-refractivity contribution in [2.75, 3.05) is 25.5 Å². The van der Waals surface area contributed by atoms with Crippen LogP contribution in [0.4, 0.5) is 5.82 Å². The number of nitrogens with zero attached hydrogens (tertiary/aromatic N) is 2. The Hall–Kier alpha value is -1.62. The van der Waals surface area contributed by atoms with Gasteiger partial charge in [-0.25, -0.2) is 4.98 Å². The Balaban J connectivity index is 2.68. The number of carbonyl (C=O) groups is 1. The molecule has 1 aromatic heterocycles. The van der Waals surface area contributed by atoms with Crippen LogP contribution >= 0.6 is 0 Å². The summed E-state index contributed by atoms with van der Waals surface area (Å²) in [5, 5.41) is 2.60. The van der Waals surface area contributed by atoms with Crippen LogP contribution in [0.15, 0.2) is 12.3 Å². The van der Waals surface area contributed by atoms with Crippen LogP contribution in [0.3, 0.4) is 0 Å². The van der Waals surface area contributed by atoms with Crippen molar-refractivity contribution < 1.29 is 4.79 Å². The minimum Gasteiger partial charge on any atom is -0.359 e. The molecular formula is C12H20N4O. The van der Waals surface area contributed by atoms with Crippen LogP contribution in [0.5, 0.6) is 0 Å². The largest absolute Gasteiger partial charge is 0.359 e. The predicted molar refractivity (Wildman–Crippen MR) is 68.8 cm³/mol. The lowest BCUT2D eigenvalue weighted by molar-refractivity contribution is -0.120. The molecule has 1 amide bonds. The highest BCUT2D eigenvalue weighted by Gasteiger charge is 2.08. The molecule has 3 N–H and O–H groups in total. The second-order valence-electron chi connectivity index (χ2n) is 4.03. The van der Waals surface area contributed by atoms with Gasteiger partial charge in [-0.05, 0) is 24.1 Å². The number of aryl methyl sites for hydroxylation is 1. The molecule has 0 saturated carbocycles. The third kappa shape index (κ3) is 3.71. The van der Waals surface area contributed by atoms with Gasteiger partial charge in [0.25, 0.3) is 0 Å². The Morgan fingerprint density at radius 1 is 1.59 bits per heavy atom. The summed E-state index contributed by atoms with van der Waals surface area (Å²) in [6.07, 6.45) is 2.24. The fourth-order valence-electron chi connectivity index (χ4n) is 1.64. The molecule has 0 fully saturated rings. The SMILES string of the molecule is CNC(=O)CCN(C)c1ncc(CN)cc1C. The molecule has 5 nitrogen and oxygen atoms in total. The zero-order valence-corrected chi connectivity index (χ0v) is 10.7. The number of rotatable bonds is 5. The molecule has 1 aromatic rings. The predicted octanol–water partition coefficient (Wildman–Crippen LogP) is 0.421. The minimum absolute atomic E-state index is 0.0353. The van der Waals surface area contributed by atoms with Crippen molar-refractivity contribution >= 4 is 11.7 Å². The fraction of sp³-hybridized carbons (Fsp3) is 0.500. The van der Waals surface area contributed by atoms with Gasteiger partial charge in [-0.1, -0.05) is 0 Å². The molecule has 17 heavy (non-hydrogen) atoms. The molecular weight excluding hydrogens is 216 g/mol. The summed E-state index contributed by atoms with van der Waals surface area (Å²) in [6.45, 7) is 3.14. The number of hydrogen-bond acceptors (Lipinski definition) is 4. The summed E-state index contributed by atoms with van der Waals surface area (Å²) in [5.74, 6) is 0.930. The van der Waals surface area contributed by atoms with E-state index in [0.29, 0.717) is 19.5 Å². The number of aromatic nitrogens is 1. The van der Waals surface area contributed by atoms with Gasteiger partial charge in [0.2, 0.25) is 5.91 Å². The number of anilines is 1. The molecule has 0 aliphatic carbocycles. The van der Waals surface area contributed by atoms with Crippen LogP contribution in [-0.4, -0.2) is 31.5 Å². The summed E-state index contributed by atoms with van der Waals surface area (Å²) >= 11 is 0. The lowest BCUT2D eigenvalue weighted by Gasteiger charge is -2.20. The zero-order valence-electron chi connectivity index (χ0n) is 10.7. The number of nitrogens with two attached hydrogens (primary N) is 1. The van der Waals surface area contributed by atoms with E-state index in [0.717, 1.165) is 16.9 Å². The van der Waals surface area contributed by atoms with Crippen molar-refractivity contribution in [2.24, 2.45) is 5.73 Å². The van der Waals surface area contributed by atoms with Crippen molar-refractivity contribution in [3.8, 4) is 0 Å². The normalized spacial score (nSPS) is 10.1. The van der Waals surface area contributed by atoms with E-state index in [-0.39, 0.29) is 5.91 Å². The van der Waals surface area contributed by atoms with Gasteiger partial charge in [-0.15, -0.1) is 0 Å². The van der Waals surface area contributed by atoms with Crippen LogP contribution < -0.4 is 16.0 Å². The van der Waals surface area contributed by atoms with Crippen molar-refractivity contribution in [2.45, 2.75) is 19.9 Å². The van der Waals surface area contributed by atoms with Crippen molar-refractivity contribution in [1.82, 2.24) is 10.3 Å². The first-order valence-electron chi connectivity index (χ1n) is 5.65. The van der Waals surface area contributed by atoms with Gasteiger partial charge in [0.15, 0.2) is 0 Å². The molecule has 0 spiro atoms. The molecule has 0 aliphatic rings. The Bertz CT molecular complexity index is 392. The summed E-state index contributed by atoms with van der Waals surface area (Å²) < 4.78 is 0. The summed E-state index contributed by atoms with van der Waals surface area (Å²) in [6, 6.07) is 2.03. The second-order valence-corrected chi connectivity index (χ2v) is 4.03.